The van der Waals surface area contributed by atoms with E-state index in [1.807, 2.05) is 116 Å². The highest BCUT2D eigenvalue weighted by atomic mass is 35.6. The van der Waals surface area contributed by atoms with E-state index in [0.717, 1.165) is 16.7 Å². The van der Waals surface area contributed by atoms with Gasteiger partial charge in [0.1, 0.15) is 31.7 Å². The molecule has 0 bridgehead atoms. The minimum absolute atomic E-state index is 0.0542. The molecule has 0 unspecified atom stereocenters. The van der Waals surface area contributed by atoms with Crippen molar-refractivity contribution < 1.29 is 38.0 Å². The Morgan fingerprint density at radius 2 is 1.18 bits per heavy atom. The molecular weight excluding hydrogens is 691 g/mol. The van der Waals surface area contributed by atoms with Crippen LogP contribution in [0.3, 0.4) is 0 Å². The predicted octanol–water partition coefficient (Wildman–Crippen LogP) is 7.63. The van der Waals surface area contributed by atoms with Gasteiger partial charge in [0.2, 0.25) is 3.79 Å². The Balaban J connectivity index is 1.26. The number of benzene rings is 3. The normalized spacial score (nSPS) is 24.9. The van der Waals surface area contributed by atoms with Crippen molar-refractivity contribution in [3.63, 3.8) is 0 Å². The van der Waals surface area contributed by atoms with Crippen LogP contribution in [-0.4, -0.2) is 65.8 Å². The quantitative estimate of drug-likeness (QED) is 0.0584. The Hall–Kier alpha value is -3.21. The van der Waals surface area contributed by atoms with Gasteiger partial charge in [0.05, 0.1) is 12.7 Å². The number of ether oxygens (including phenoxy) is 6. The van der Waals surface area contributed by atoms with Crippen molar-refractivity contribution in [2.75, 3.05) is 13.4 Å². The van der Waals surface area contributed by atoms with Crippen LogP contribution in [0.15, 0.2) is 115 Å². The van der Waals surface area contributed by atoms with Crippen LogP contribution in [0.5, 0.6) is 0 Å². The van der Waals surface area contributed by atoms with E-state index in [9.17, 15) is 9.59 Å². The van der Waals surface area contributed by atoms with Crippen LogP contribution in [-0.2, 0) is 44.6 Å². The van der Waals surface area contributed by atoms with Crippen LogP contribution < -0.4 is 0 Å². The van der Waals surface area contributed by atoms with E-state index in [2.05, 4.69) is 0 Å². The first-order valence-electron chi connectivity index (χ1n) is 16.0. The molecule has 0 saturated carbocycles. The predicted molar refractivity (Wildman–Crippen MR) is 187 cm³/mol. The van der Waals surface area contributed by atoms with Crippen LogP contribution in [0, 0.1) is 0 Å². The molecule has 3 aromatic rings. The van der Waals surface area contributed by atoms with Gasteiger partial charge in [-0.15, -0.1) is 0 Å². The molecule has 0 saturated heterocycles. The lowest BCUT2D eigenvalue weighted by molar-refractivity contribution is -0.185. The molecule has 2 aliphatic heterocycles. The first kappa shape index (κ1) is 37.1. The number of esters is 2. The highest BCUT2D eigenvalue weighted by Gasteiger charge is 2.41. The third-order valence-corrected chi connectivity index (χ3v) is 8.57. The standard InChI is InChI=1S/C38H39Cl3O8/c1-25(46-24-44-22-27-12-6-3-7-13-27)32-20-18-31(29-16-10-5-11-17-29)35(48-32)37(43)47-26(2)33-21-19-30(28-14-8-4-9-15-28)34(49-33)36(42)45-23-38(39,40)41/h3-21,25-26,30-35H,22-24H2,1-2H3/t25-,26-,30-,31-,32+,33+,34-,35-/m0/s1. The topological polar surface area (TPSA) is 89.5 Å². The van der Waals surface area contributed by atoms with E-state index < -0.39 is 70.8 Å². The molecule has 2 heterocycles. The molecule has 5 rings (SSSR count). The van der Waals surface area contributed by atoms with Gasteiger partial charge in [0.25, 0.3) is 0 Å². The van der Waals surface area contributed by atoms with Gasteiger partial charge in [-0.05, 0) is 30.5 Å². The molecule has 0 N–H and O–H groups in total. The summed E-state index contributed by atoms with van der Waals surface area (Å²) in [5.74, 6) is -2.17. The summed E-state index contributed by atoms with van der Waals surface area (Å²) in [6.07, 6.45) is 2.87. The summed E-state index contributed by atoms with van der Waals surface area (Å²) in [5, 5.41) is 0. The van der Waals surface area contributed by atoms with Crippen molar-refractivity contribution in [1.29, 1.82) is 0 Å². The fraction of sp³-hybridized carbons (Fsp3) is 0.368. The van der Waals surface area contributed by atoms with Gasteiger partial charge in [0.15, 0.2) is 12.2 Å². The van der Waals surface area contributed by atoms with Crippen molar-refractivity contribution in [1.82, 2.24) is 0 Å². The maximum absolute atomic E-state index is 13.9. The average molecular weight is 730 g/mol. The molecule has 0 aromatic heterocycles. The molecule has 0 aliphatic carbocycles. The summed E-state index contributed by atoms with van der Waals surface area (Å²) in [6, 6.07) is 28.8. The zero-order chi connectivity index (χ0) is 34.8. The summed E-state index contributed by atoms with van der Waals surface area (Å²) in [6.45, 7) is 3.57. The fourth-order valence-electron chi connectivity index (χ4n) is 5.66. The second kappa shape index (κ2) is 17.6. The first-order chi connectivity index (χ1) is 23.6. The van der Waals surface area contributed by atoms with Gasteiger partial charge in [-0.25, -0.2) is 9.59 Å². The SMILES string of the molecule is C[C@H](OCOCc1ccccc1)[C@H]1C=C[C@@H](c2ccccc2)[C@@H](C(=O)O[C@@H](C)[C@H]2C=C[C@@H](c3ccccc3)[C@@H](C(=O)OCC(Cl)(Cl)Cl)O2)O1. The molecular formula is C38H39Cl3O8. The molecule has 8 atom stereocenters. The number of hydrogen-bond acceptors (Lipinski definition) is 8. The number of carbonyl (C=O) groups excluding carboxylic acids is 2. The average Bonchev–Trinajstić information content (AvgIpc) is 3.12. The van der Waals surface area contributed by atoms with Crippen molar-refractivity contribution in [2.45, 2.75) is 72.7 Å². The van der Waals surface area contributed by atoms with Crippen LogP contribution >= 0.6 is 34.8 Å². The van der Waals surface area contributed by atoms with Gasteiger partial charge in [-0.2, -0.15) is 0 Å². The van der Waals surface area contributed by atoms with Gasteiger partial charge in [-0.3, -0.25) is 0 Å². The third-order valence-electron chi connectivity index (χ3n) is 8.24. The lowest BCUT2D eigenvalue weighted by Crippen LogP contribution is -2.46. The molecule has 0 spiro atoms. The molecule has 0 radical (unpaired) electrons. The van der Waals surface area contributed by atoms with Crippen molar-refractivity contribution in [3.8, 4) is 0 Å². The Labute approximate surface area is 301 Å². The monoisotopic (exact) mass is 728 g/mol. The molecule has 0 fully saturated rings. The minimum Gasteiger partial charge on any atom is -0.459 e. The lowest BCUT2D eigenvalue weighted by atomic mass is 9.89. The van der Waals surface area contributed by atoms with Crippen LogP contribution in [0.2, 0.25) is 0 Å². The van der Waals surface area contributed by atoms with Gasteiger partial charge in [0, 0.05) is 11.8 Å². The molecule has 8 nitrogen and oxygen atoms in total. The number of rotatable bonds is 13. The molecule has 260 valence electrons. The largest absolute Gasteiger partial charge is 0.459 e. The second-order valence-electron chi connectivity index (χ2n) is 11.9. The number of alkyl halides is 3. The molecule has 49 heavy (non-hydrogen) atoms. The Kier molecular flexibility index (Phi) is 13.3. The smallest absolute Gasteiger partial charge is 0.336 e. The van der Waals surface area contributed by atoms with Crippen molar-refractivity contribution in [2.24, 2.45) is 0 Å². The second-order valence-corrected chi connectivity index (χ2v) is 14.4. The van der Waals surface area contributed by atoms with E-state index in [1.54, 1.807) is 13.0 Å². The maximum Gasteiger partial charge on any atom is 0.336 e. The highest BCUT2D eigenvalue weighted by molar-refractivity contribution is 6.67. The summed E-state index contributed by atoms with van der Waals surface area (Å²) >= 11 is 17.5. The Bertz CT molecular complexity index is 1550. The van der Waals surface area contributed by atoms with Crippen LogP contribution in [0.1, 0.15) is 42.4 Å². The zero-order valence-electron chi connectivity index (χ0n) is 27.1. The van der Waals surface area contributed by atoms with Crippen molar-refractivity contribution >= 4 is 46.7 Å². The third kappa shape index (κ3) is 10.6. The van der Waals surface area contributed by atoms with Crippen molar-refractivity contribution in [3.05, 3.63) is 132 Å². The fourth-order valence-corrected chi connectivity index (χ4v) is 5.82. The van der Waals surface area contributed by atoms with E-state index >= 15 is 0 Å². The number of carbonyl (C=O) groups is 2. The lowest BCUT2D eigenvalue weighted by Gasteiger charge is -2.36. The van der Waals surface area contributed by atoms with Gasteiger partial charge >= 0.3 is 11.9 Å². The summed E-state index contributed by atoms with van der Waals surface area (Å²) in [7, 11) is 0. The first-order valence-corrected chi connectivity index (χ1v) is 17.2. The van der Waals surface area contributed by atoms with Crippen LogP contribution in [0.4, 0.5) is 0 Å². The van der Waals surface area contributed by atoms with E-state index in [-0.39, 0.29) is 6.79 Å². The van der Waals surface area contributed by atoms with E-state index in [1.165, 1.54) is 0 Å². The van der Waals surface area contributed by atoms with Gasteiger partial charge < -0.3 is 28.4 Å². The zero-order valence-corrected chi connectivity index (χ0v) is 29.4. The molecule has 11 heteroatoms. The van der Waals surface area contributed by atoms with E-state index in [4.69, 9.17) is 63.2 Å². The maximum atomic E-state index is 13.9. The summed E-state index contributed by atoms with van der Waals surface area (Å²) in [4.78, 5) is 27.1. The summed E-state index contributed by atoms with van der Waals surface area (Å²) in [5.41, 5.74) is 2.76. The Morgan fingerprint density at radius 1 is 0.694 bits per heavy atom. The Morgan fingerprint density at radius 3 is 1.71 bits per heavy atom. The van der Waals surface area contributed by atoms with Crippen LogP contribution in [0.25, 0.3) is 0 Å². The van der Waals surface area contributed by atoms with E-state index in [0.29, 0.717) is 6.61 Å². The molecule has 2 aliphatic rings. The molecule has 3 aromatic carbocycles. The minimum atomic E-state index is -1.79. The number of hydrogen-bond donors (Lipinski definition) is 0. The highest BCUT2D eigenvalue weighted by Crippen LogP contribution is 2.34. The molecule has 0 amide bonds. The summed E-state index contributed by atoms with van der Waals surface area (Å²) < 4.78 is 33.7. The number of halogens is 3. The van der Waals surface area contributed by atoms with Gasteiger partial charge in [-0.1, -0.05) is 150 Å².